The van der Waals surface area contributed by atoms with Crippen LogP contribution in [0.25, 0.3) is 11.0 Å². The Balaban J connectivity index is 2.87. The molecule has 0 bridgehead atoms. The molecule has 2 aromatic rings. The summed E-state index contributed by atoms with van der Waals surface area (Å²) in [4.78, 5) is 15.2. The SMILES string of the molecule is CC(C)(C(N)=O)n1c(N)nc2c(F)cc(F)cc21. The predicted molar refractivity (Wildman–Crippen MR) is 62.6 cm³/mol. The second-order valence-electron chi connectivity index (χ2n) is 4.48. The summed E-state index contributed by atoms with van der Waals surface area (Å²) in [6, 6.07) is 1.77. The molecule has 0 radical (unpaired) electrons. The third-order valence-corrected chi connectivity index (χ3v) is 2.87. The normalized spacial score (nSPS) is 12.0. The minimum atomic E-state index is -1.24. The number of nitrogen functional groups attached to an aromatic ring is 1. The highest BCUT2D eigenvalue weighted by molar-refractivity contribution is 5.87. The van der Waals surface area contributed by atoms with Gasteiger partial charge >= 0.3 is 0 Å². The number of nitrogens with zero attached hydrogens (tertiary/aromatic N) is 2. The van der Waals surface area contributed by atoms with E-state index in [1.807, 2.05) is 0 Å². The molecule has 1 amide bonds. The molecule has 0 atom stereocenters. The van der Waals surface area contributed by atoms with Crippen LogP contribution in [0.2, 0.25) is 0 Å². The number of amides is 1. The fourth-order valence-electron chi connectivity index (χ4n) is 1.82. The van der Waals surface area contributed by atoms with Crippen LogP contribution >= 0.6 is 0 Å². The Morgan fingerprint density at radius 1 is 1.39 bits per heavy atom. The lowest BCUT2D eigenvalue weighted by Gasteiger charge is -2.24. The quantitative estimate of drug-likeness (QED) is 0.841. The highest BCUT2D eigenvalue weighted by Gasteiger charge is 2.31. The van der Waals surface area contributed by atoms with E-state index in [9.17, 15) is 13.6 Å². The number of carbonyl (C=O) groups excluding carboxylic acids is 1. The van der Waals surface area contributed by atoms with Gasteiger partial charge in [-0.15, -0.1) is 0 Å². The van der Waals surface area contributed by atoms with Crippen molar-refractivity contribution in [2.24, 2.45) is 5.73 Å². The van der Waals surface area contributed by atoms with Crippen LogP contribution in [0.5, 0.6) is 0 Å². The van der Waals surface area contributed by atoms with Gasteiger partial charge in [0.1, 0.15) is 16.9 Å². The summed E-state index contributed by atoms with van der Waals surface area (Å²) in [5.41, 5.74) is 9.68. The molecule has 0 aliphatic heterocycles. The van der Waals surface area contributed by atoms with Gasteiger partial charge in [-0.2, -0.15) is 0 Å². The Bertz CT molecular complexity index is 648. The minimum Gasteiger partial charge on any atom is -0.369 e. The van der Waals surface area contributed by atoms with Crippen molar-refractivity contribution in [3.63, 3.8) is 0 Å². The summed E-state index contributed by atoms with van der Waals surface area (Å²) in [6.45, 7) is 2.99. The van der Waals surface area contributed by atoms with Crippen LogP contribution in [0.3, 0.4) is 0 Å². The first-order valence-electron chi connectivity index (χ1n) is 5.18. The maximum Gasteiger partial charge on any atom is 0.243 e. The number of hydrogen-bond acceptors (Lipinski definition) is 3. The standard InChI is InChI=1S/C11H12F2N4O/c1-11(2,9(14)18)17-7-4-5(12)3-6(13)8(7)16-10(17)15/h3-4H,1-2H3,(H2,14,18)(H2,15,16). The topological polar surface area (TPSA) is 86.9 Å². The Hall–Kier alpha value is -2.18. The molecule has 0 aliphatic carbocycles. The van der Waals surface area contributed by atoms with Gasteiger partial charge in [-0.05, 0) is 13.8 Å². The smallest absolute Gasteiger partial charge is 0.243 e. The van der Waals surface area contributed by atoms with E-state index in [4.69, 9.17) is 11.5 Å². The molecule has 1 heterocycles. The maximum absolute atomic E-state index is 13.5. The molecule has 0 unspecified atom stereocenters. The number of benzene rings is 1. The van der Waals surface area contributed by atoms with Crippen LogP contribution in [-0.4, -0.2) is 15.5 Å². The third kappa shape index (κ3) is 1.59. The Morgan fingerprint density at radius 3 is 2.56 bits per heavy atom. The summed E-state index contributed by atoms with van der Waals surface area (Å²) < 4.78 is 28.0. The molecule has 5 nitrogen and oxygen atoms in total. The molecule has 0 saturated heterocycles. The Kier molecular flexibility index (Phi) is 2.50. The average Bonchev–Trinajstić information content (AvgIpc) is 2.54. The highest BCUT2D eigenvalue weighted by atomic mass is 19.1. The number of imidazole rings is 1. The summed E-state index contributed by atoms with van der Waals surface area (Å²) >= 11 is 0. The van der Waals surface area contributed by atoms with Crippen molar-refractivity contribution in [2.75, 3.05) is 5.73 Å². The summed E-state index contributed by atoms with van der Waals surface area (Å²) in [5.74, 6) is -2.39. The molecule has 0 saturated carbocycles. The number of aromatic nitrogens is 2. The largest absolute Gasteiger partial charge is 0.369 e. The first kappa shape index (κ1) is 12.3. The molecule has 18 heavy (non-hydrogen) atoms. The first-order chi connectivity index (χ1) is 8.25. The zero-order chi connectivity index (χ0) is 13.7. The average molecular weight is 254 g/mol. The summed E-state index contributed by atoms with van der Waals surface area (Å²) in [6.07, 6.45) is 0. The van der Waals surface area contributed by atoms with Crippen LogP contribution in [0, 0.1) is 11.6 Å². The number of anilines is 1. The molecule has 0 fully saturated rings. The molecule has 0 aliphatic rings. The third-order valence-electron chi connectivity index (χ3n) is 2.87. The van der Waals surface area contributed by atoms with Gasteiger partial charge in [0.25, 0.3) is 0 Å². The molecule has 1 aromatic carbocycles. The van der Waals surface area contributed by atoms with Gasteiger partial charge in [-0.3, -0.25) is 9.36 Å². The van der Waals surface area contributed by atoms with Crippen LogP contribution in [0.1, 0.15) is 13.8 Å². The van der Waals surface area contributed by atoms with Gasteiger partial charge in [0.2, 0.25) is 11.9 Å². The van der Waals surface area contributed by atoms with E-state index in [0.717, 1.165) is 6.07 Å². The number of carbonyl (C=O) groups is 1. The van der Waals surface area contributed by atoms with Crippen molar-refractivity contribution in [1.29, 1.82) is 0 Å². The number of primary amides is 1. The molecule has 7 heteroatoms. The van der Waals surface area contributed by atoms with Crippen molar-refractivity contribution in [3.05, 3.63) is 23.8 Å². The molecular weight excluding hydrogens is 242 g/mol. The van der Waals surface area contributed by atoms with Crippen LogP contribution in [-0.2, 0) is 10.3 Å². The first-order valence-corrected chi connectivity index (χ1v) is 5.18. The van der Waals surface area contributed by atoms with Crippen molar-refractivity contribution in [2.45, 2.75) is 19.4 Å². The van der Waals surface area contributed by atoms with Crippen molar-refractivity contribution >= 4 is 22.9 Å². The van der Waals surface area contributed by atoms with E-state index in [2.05, 4.69) is 4.98 Å². The van der Waals surface area contributed by atoms with E-state index in [1.54, 1.807) is 0 Å². The van der Waals surface area contributed by atoms with Gasteiger partial charge in [0.05, 0.1) is 5.52 Å². The zero-order valence-corrected chi connectivity index (χ0v) is 9.87. The van der Waals surface area contributed by atoms with Gasteiger partial charge < -0.3 is 11.5 Å². The molecule has 2 rings (SSSR count). The summed E-state index contributed by atoms with van der Waals surface area (Å²) in [7, 11) is 0. The number of halogens is 2. The molecule has 0 spiro atoms. The van der Waals surface area contributed by atoms with Crippen molar-refractivity contribution in [1.82, 2.24) is 9.55 Å². The van der Waals surface area contributed by atoms with E-state index >= 15 is 0 Å². The van der Waals surface area contributed by atoms with Crippen molar-refractivity contribution in [3.8, 4) is 0 Å². The number of rotatable bonds is 2. The molecule has 4 N–H and O–H groups in total. The van der Waals surface area contributed by atoms with Crippen molar-refractivity contribution < 1.29 is 13.6 Å². The highest BCUT2D eigenvalue weighted by Crippen LogP contribution is 2.28. The van der Waals surface area contributed by atoms with Gasteiger partial charge in [0.15, 0.2) is 5.82 Å². The number of hydrogen-bond donors (Lipinski definition) is 2. The number of nitrogens with two attached hydrogens (primary N) is 2. The second-order valence-corrected chi connectivity index (χ2v) is 4.48. The monoisotopic (exact) mass is 254 g/mol. The maximum atomic E-state index is 13.5. The van der Waals surface area contributed by atoms with Gasteiger partial charge in [-0.1, -0.05) is 0 Å². The lowest BCUT2D eigenvalue weighted by molar-refractivity contribution is -0.124. The van der Waals surface area contributed by atoms with Gasteiger partial charge in [-0.25, -0.2) is 13.8 Å². The van der Waals surface area contributed by atoms with Crippen LogP contribution in [0.4, 0.5) is 14.7 Å². The van der Waals surface area contributed by atoms with Crippen LogP contribution < -0.4 is 11.5 Å². The van der Waals surface area contributed by atoms with E-state index in [-0.39, 0.29) is 17.0 Å². The Morgan fingerprint density at radius 2 is 2.00 bits per heavy atom. The fraction of sp³-hybridized carbons (Fsp3) is 0.273. The molecule has 96 valence electrons. The lowest BCUT2D eigenvalue weighted by atomic mass is 10.0. The minimum absolute atomic E-state index is 0.0915. The zero-order valence-electron chi connectivity index (χ0n) is 9.87. The predicted octanol–water partition coefficient (Wildman–Crippen LogP) is 1.12. The van der Waals surface area contributed by atoms with E-state index < -0.39 is 23.1 Å². The van der Waals surface area contributed by atoms with Crippen LogP contribution in [0.15, 0.2) is 12.1 Å². The number of fused-ring (bicyclic) bond motifs is 1. The fourth-order valence-corrected chi connectivity index (χ4v) is 1.82. The van der Waals surface area contributed by atoms with E-state index in [0.29, 0.717) is 6.07 Å². The second kappa shape index (κ2) is 3.66. The molecular formula is C11H12F2N4O. The molecule has 1 aromatic heterocycles. The van der Waals surface area contributed by atoms with E-state index in [1.165, 1.54) is 18.4 Å². The van der Waals surface area contributed by atoms with Gasteiger partial charge in [0, 0.05) is 12.1 Å². The lowest BCUT2D eigenvalue weighted by Crippen LogP contribution is -2.41. The Labute approximate surface area is 101 Å². The summed E-state index contributed by atoms with van der Waals surface area (Å²) in [5, 5.41) is 0.